The standard InChI is InChI=1S/C12H19ClN2O3/c1-3-7-18-8-5-6-15-11(16)9(4-2)10(13)14-12(15)17/h3-8H2,1-2H3,(H,14,17). The third-order valence-electron chi connectivity index (χ3n) is 2.60. The molecule has 0 radical (unpaired) electrons. The molecule has 0 aliphatic carbocycles. The number of hydrogen-bond acceptors (Lipinski definition) is 3. The van der Waals surface area contributed by atoms with Gasteiger partial charge in [-0.25, -0.2) is 4.79 Å². The number of hydrogen-bond donors (Lipinski definition) is 1. The van der Waals surface area contributed by atoms with E-state index in [1.54, 1.807) is 0 Å². The topological polar surface area (TPSA) is 64.1 Å². The fourth-order valence-electron chi connectivity index (χ4n) is 1.67. The lowest BCUT2D eigenvalue weighted by Crippen LogP contribution is -2.37. The highest BCUT2D eigenvalue weighted by molar-refractivity contribution is 6.30. The van der Waals surface area contributed by atoms with E-state index in [9.17, 15) is 9.59 Å². The molecule has 0 spiro atoms. The van der Waals surface area contributed by atoms with Crippen molar-refractivity contribution in [1.29, 1.82) is 0 Å². The van der Waals surface area contributed by atoms with Gasteiger partial charge in [-0.15, -0.1) is 0 Å². The highest BCUT2D eigenvalue weighted by Crippen LogP contribution is 2.05. The molecule has 0 aromatic carbocycles. The van der Waals surface area contributed by atoms with Gasteiger partial charge in [0.15, 0.2) is 0 Å². The lowest BCUT2D eigenvalue weighted by atomic mass is 10.2. The van der Waals surface area contributed by atoms with Crippen molar-refractivity contribution in [3.8, 4) is 0 Å². The molecular formula is C12H19ClN2O3. The molecule has 1 heterocycles. The van der Waals surface area contributed by atoms with Crippen LogP contribution >= 0.6 is 11.6 Å². The average molecular weight is 275 g/mol. The Morgan fingerprint density at radius 3 is 2.61 bits per heavy atom. The van der Waals surface area contributed by atoms with Crippen LogP contribution in [0.3, 0.4) is 0 Å². The molecule has 0 bridgehead atoms. The van der Waals surface area contributed by atoms with E-state index in [4.69, 9.17) is 16.3 Å². The Morgan fingerprint density at radius 1 is 1.28 bits per heavy atom. The van der Waals surface area contributed by atoms with Crippen LogP contribution in [0.5, 0.6) is 0 Å². The fourth-order valence-corrected chi connectivity index (χ4v) is 1.96. The van der Waals surface area contributed by atoms with Crippen LogP contribution in [-0.4, -0.2) is 22.8 Å². The summed E-state index contributed by atoms with van der Waals surface area (Å²) in [6.45, 7) is 5.45. The van der Waals surface area contributed by atoms with Gasteiger partial charge in [-0.05, 0) is 19.3 Å². The van der Waals surface area contributed by atoms with E-state index in [0.717, 1.165) is 6.42 Å². The van der Waals surface area contributed by atoms with E-state index in [-0.39, 0.29) is 10.7 Å². The van der Waals surface area contributed by atoms with E-state index in [2.05, 4.69) is 4.98 Å². The first-order valence-corrected chi connectivity index (χ1v) is 6.58. The number of nitrogens with zero attached hydrogens (tertiary/aromatic N) is 1. The molecule has 18 heavy (non-hydrogen) atoms. The second kappa shape index (κ2) is 7.38. The first-order chi connectivity index (χ1) is 8.61. The number of halogens is 1. The van der Waals surface area contributed by atoms with Crippen LogP contribution in [-0.2, 0) is 17.7 Å². The summed E-state index contributed by atoms with van der Waals surface area (Å²) in [6, 6.07) is 0. The third kappa shape index (κ3) is 3.71. The van der Waals surface area contributed by atoms with Crippen LogP contribution in [0.25, 0.3) is 0 Å². The normalized spacial score (nSPS) is 10.8. The summed E-state index contributed by atoms with van der Waals surface area (Å²) < 4.78 is 6.49. The van der Waals surface area contributed by atoms with Crippen LogP contribution in [0.1, 0.15) is 32.3 Å². The Labute approximate surface area is 111 Å². The van der Waals surface area contributed by atoms with Crippen molar-refractivity contribution in [3.05, 3.63) is 31.6 Å². The van der Waals surface area contributed by atoms with Gasteiger partial charge in [-0.2, -0.15) is 0 Å². The van der Waals surface area contributed by atoms with E-state index in [1.165, 1.54) is 4.57 Å². The molecule has 5 nitrogen and oxygen atoms in total. The van der Waals surface area contributed by atoms with E-state index in [1.807, 2.05) is 13.8 Å². The summed E-state index contributed by atoms with van der Waals surface area (Å²) in [4.78, 5) is 26.1. The maximum atomic E-state index is 12.0. The number of H-pyrrole nitrogens is 1. The highest BCUT2D eigenvalue weighted by atomic mass is 35.5. The summed E-state index contributed by atoms with van der Waals surface area (Å²) in [5, 5.41) is 0.144. The number of ether oxygens (including phenoxy) is 1. The largest absolute Gasteiger partial charge is 0.381 e. The minimum Gasteiger partial charge on any atom is -0.381 e. The fraction of sp³-hybridized carbons (Fsp3) is 0.667. The molecule has 0 atom stereocenters. The summed E-state index contributed by atoms with van der Waals surface area (Å²) in [5.41, 5.74) is -0.315. The molecule has 1 N–H and O–H groups in total. The quantitative estimate of drug-likeness (QED) is 0.606. The maximum absolute atomic E-state index is 12.0. The molecule has 0 aliphatic rings. The lowest BCUT2D eigenvalue weighted by molar-refractivity contribution is 0.129. The number of aromatic nitrogens is 2. The van der Waals surface area contributed by atoms with Crippen molar-refractivity contribution < 1.29 is 4.74 Å². The Kier molecular flexibility index (Phi) is 6.15. The average Bonchev–Trinajstić information content (AvgIpc) is 2.32. The van der Waals surface area contributed by atoms with E-state index in [0.29, 0.717) is 38.2 Å². The van der Waals surface area contributed by atoms with Crippen molar-refractivity contribution in [1.82, 2.24) is 9.55 Å². The molecule has 0 aliphatic heterocycles. The SMILES string of the molecule is CCCOCCCn1c(=O)[nH]c(Cl)c(CC)c1=O. The molecule has 102 valence electrons. The Balaban J connectivity index is 2.77. The van der Waals surface area contributed by atoms with Crippen LogP contribution in [0.4, 0.5) is 0 Å². The summed E-state index contributed by atoms with van der Waals surface area (Å²) in [6.07, 6.45) is 2.09. The van der Waals surface area contributed by atoms with Gasteiger partial charge in [-0.1, -0.05) is 25.4 Å². The lowest BCUT2D eigenvalue weighted by Gasteiger charge is -2.08. The molecule has 1 rings (SSSR count). The van der Waals surface area contributed by atoms with Gasteiger partial charge >= 0.3 is 5.69 Å². The second-order valence-electron chi connectivity index (χ2n) is 4.00. The second-order valence-corrected chi connectivity index (χ2v) is 4.38. The Bertz CT molecular complexity index is 493. The summed E-state index contributed by atoms with van der Waals surface area (Å²) in [5.74, 6) is 0. The molecule has 0 saturated carbocycles. The van der Waals surface area contributed by atoms with Gasteiger partial charge in [0.2, 0.25) is 0 Å². The van der Waals surface area contributed by atoms with Crippen LogP contribution < -0.4 is 11.2 Å². The predicted octanol–water partition coefficient (Wildman–Crippen LogP) is 1.57. The highest BCUT2D eigenvalue weighted by Gasteiger charge is 2.10. The van der Waals surface area contributed by atoms with Crippen molar-refractivity contribution in [2.24, 2.45) is 0 Å². The van der Waals surface area contributed by atoms with Crippen molar-refractivity contribution >= 4 is 11.6 Å². The van der Waals surface area contributed by atoms with Gasteiger partial charge in [0.05, 0.1) is 5.56 Å². The molecule has 1 aromatic rings. The van der Waals surface area contributed by atoms with Crippen molar-refractivity contribution in [3.63, 3.8) is 0 Å². The predicted molar refractivity (Wildman–Crippen MR) is 71.4 cm³/mol. The van der Waals surface area contributed by atoms with Gasteiger partial charge in [-0.3, -0.25) is 14.3 Å². The first-order valence-electron chi connectivity index (χ1n) is 6.21. The number of rotatable bonds is 7. The summed E-state index contributed by atoms with van der Waals surface area (Å²) >= 11 is 5.82. The zero-order valence-corrected chi connectivity index (χ0v) is 11.5. The first kappa shape index (κ1) is 15.0. The van der Waals surface area contributed by atoms with Crippen molar-refractivity contribution in [2.45, 2.75) is 39.7 Å². The van der Waals surface area contributed by atoms with E-state index < -0.39 is 5.69 Å². The van der Waals surface area contributed by atoms with Crippen LogP contribution in [0.15, 0.2) is 9.59 Å². The minimum atomic E-state index is -0.460. The van der Waals surface area contributed by atoms with Gasteiger partial charge < -0.3 is 4.74 Å². The smallest absolute Gasteiger partial charge is 0.329 e. The van der Waals surface area contributed by atoms with Gasteiger partial charge in [0.1, 0.15) is 5.15 Å². The molecule has 0 fully saturated rings. The molecular weight excluding hydrogens is 256 g/mol. The number of aromatic amines is 1. The maximum Gasteiger partial charge on any atom is 0.329 e. The van der Waals surface area contributed by atoms with E-state index >= 15 is 0 Å². The summed E-state index contributed by atoms with van der Waals surface area (Å²) in [7, 11) is 0. The monoisotopic (exact) mass is 274 g/mol. The van der Waals surface area contributed by atoms with Crippen molar-refractivity contribution in [2.75, 3.05) is 13.2 Å². The minimum absolute atomic E-state index is 0.144. The zero-order chi connectivity index (χ0) is 13.5. The molecule has 0 amide bonds. The van der Waals surface area contributed by atoms with Gasteiger partial charge in [0.25, 0.3) is 5.56 Å². The molecule has 0 saturated heterocycles. The number of nitrogens with one attached hydrogen (secondary N) is 1. The molecule has 6 heteroatoms. The zero-order valence-electron chi connectivity index (χ0n) is 10.8. The van der Waals surface area contributed by atoms with Crippen LogP contribution in [0.2, 0.25) is 5.15 Å². The molecule has 1 aromatic heterocycles. The van der Waals surface area contributed by atoms with Crippen LogP contribution in [0, 0.1) is 0 Å². The third-order valence-corrected chi connectivity index (χ3v) is 2.93. The molecule has 0 unspecified atom stereocenters. The Hall–Kier alpha value is -1.07. The Morgan fingerprint density at radius 2 is 2.00 bits per heavy atom. The van der Waals surface area contributed by atoms with Gasteiger partial charge in [0, 0.05) is 19.8 Å².